The molecule has 323 valence electrons. The molecule has 7 aromatic carbocycles. The van der Waals surface area contributed by atoms with Crippen LogP contribution in [0.25, 0.3) is 82.8 Å². The molecule has 1 aliphatic rings. The quantitative estimate of drug-likeness (QED) is 0.123. The maximum atomic E-state index is 9.41. The summed E-state index contributed by atoms with van der Waals surface area (Å²) in [6.07, 6.45) is 4.44. The summed E-state index contributed by atoms with van der Waals surface area (Å²) in [7, 11) is 0. The minimum atomic E-state index is -2.35. The first-order valence-corrected chi connectivity index (χ1v) is 22.4. The van der Waals surface area contributed by atoms with Crippen molar-refractivity contribution in [3.8, 4) is 28.3 Å². The first kappa shape index (κ1) is 38.6. The summed E-state index contributed by atoms with van der Waals surface area (Å²) in [6, 6.07) is 52.5. The van der Waals surface area contributed by atoms with Crippen molar-refractivity contribution in [3.63, 3.8) is 0 Å². The van der Waals surface area contributed by atoms with Gasteiger partial charge in [0, 0.05) is 42.9 Å². The second-order valence-corrected chi connectivity index (χ2v) is 18.6. The van der Waals surface area contributed by atoms with Crippen LogP contribution in [0.5, 0.6) is 0 Å². The first-order chi connectivity index (χ1) is 32.1. The van der Waals surface area contributed by atoms with Crippen LogP contribution >= 0.6 is 0 Å². The van der Waals surface area contributed by atoms with Gasteiger partial charge in [-0.3, -0.25) is 4.98 Å². The predicted octanol–water partition coefficient (Wildman–Crippen LogP) is 16.5. The monoisotopic (exact) mass is 1020 g/mol. The third-order valence-corrected chi connectivity index (χ3v) is 13.1. The number of aromatic nitrogens is 3. The fourth-order valence-electron chi connectivity index (χ4n) is 9.55. The molecule has 11 rings (SSSR count). The Morgan fingerprint density at radius 2 is 1.47 bits per heavy atom. The Morgan fingerprint density at radius 3 is 2.22 bits per heavy atom. The fraction of sp³-hybridized carbons (Fsp3) is 0.254. The summed E-state index contributed by atoms with van der Waals surface area (Å²) in [4.78, 5) is 9.60. The van der Waals surface area contributed by atoms with E-state index in [4.69, 9.17) is 13.5 Å². The van der Waals surface area contributed by atoms with E-state index in [0.717, 1.165) is 62.4 Å². The Bertz CT molecular complexity index is 3440. The van der Waals surface area contributed by atoms with E-state index in [2.05, 4.69) is 154 Å². The van der Waals surface area contributed by atoms with Crippen molar-refractivity contribution in [3.05, 3.63) is 174 Å². The molecule has 0 atom stereocenters. The minimum Gasteiger partial charge on any atom is -0.501 e. The molecule has 1 radical (unpaired) electrons. The number of aryl methyl sites for hydroxylation is 1. The van der Waals surface area contributed by atoms with E-state index in [1.807, 2.05) is 42.5 Å². The molecule has 5 heteroatoms. The van der Waals surface area contributed by atoms with Gasteiger partial charge in [0.05, 0.1) is 22.4 Å². The van der Waals surface area contributed by atoms with Crippen LogP contribution in [0.15, 0.2) is 144 Å². The Balaban J connectivity index is 0.000000180. The third-order valence-electron chi connectivity index (χ3n) is 13.1. The molecule has 0 unspecified atom stereocenters. The number of fused-ring (bicyclic) bond motifs is 7. The van der Waals surface area contributed by atoms with E-state index in [-0.39, 0.29) is 31.1 Å². The summed E-state index contributed by atoms with van der Waals surface area (Å²) < 4.78 is 42.8. The van der Waals surface area contributed by atoms with E-state index < -0.39 is 12.7 Å². The van der Waals surface area contributed by atoms with Crippen LogP contribution < -0.4 is 0 Å². The van der Waals surface area contributed by atoms with Gasteiger partial charge in [-0.1, -0.05) is 125 Å². The van der Waals surface area contributed by atoms with E-state index in [0.29, 0.717) is 47.1 Å². The van der Waals surface area contributed by atoms with E-state index in [9.17, 15) is 1.37 Å². The number of para-hydroxylation sites is 3. The van der Waals surface area contributed by atoms with Gasteiger partial charge in [0.15, 0.2) is 0 Å². The van der Waals surface area contributed by atoms with Crippen LogP contribution in [0, 0.1) is 24.4 Å². The van der Waals surface area contributed by atoms with Crippen LogP contribution in [0.2, 0.25) is 0 Å². The summed E-state index contributed by atoms with van der Waals surface area (Å²) in [5, 5.41) is 6.61. The number of benzene rings is 7. The summed E-state index contributed by atoms with van der Waals surface area (Å²) in [5.74, 6) is 0.823. The zero-order valence-electron chi connectivity index (χ0n) is 41.3. The maximum Gasteiger partial charge on any atom is 0.121 e. The number of furan rings is 1. The van der Waals surface area contributed by atoms with Gasteiger partial charge < -0.3 is 14.0 Å². The van der Waals surface area contributed by atoms with Crippen molar-refractivity contribution in [2.45, 2.75) is 91.8 Å². The zero-order valence-corrected chi connectivity index (χ0v) is 39.7. The van der Waals surface area contributed by atoms with Gasteiger partial charge in [0.2, 0.25) is 0 Å². The van der Waals surface area contributed by atoms with Crippen LogP contribution in [0.3, 0.4) is 0 Å². The second kappa shape index (κ2) is 17.6. The molecule has 0 bridgehead atoms. The van der Waals surface area contributed by atoms with Crippen molar-refractivity contribution < 1.29 is 30.0 Å². The zero-order chi connectivity index (χ0) is 46.8. The average Bonchev–Trinajstić information content (AvgIpc) is 3.90. The predicted molar refractivity (Wildman–Crippen MR) is 264 cm³/mol. The van der Waals surface area contributed by atoms with Gasteiger partial charge in [-0.2, -0.15) is 0 Å². The van der Waals surface area contributed by atoms with E-state index in [1.54, 1.807) is 0 Å². The minimum absolute atomic E-state index is 0. The number of hydrogen-bond donors (Lipinski definition) is 0. The Morgan fingerprint density at radius 1 is 0.734 bits per heavy atom. The number of pyridine rings is 1. The standard InChI is InChI=1S/C34H30NO.C25H25N2.Ir/c1-21-20-35-31(18-28(21)23-13-15-34(2,3)16-14-23)27-10-6-9-26-30-17-24-12-11-22-7-4-5-8-25(22)29(24)19-32(30)36-33(26)27;1-17(2)20-13-10-14-21(18(3)4)24(20)27-23-16-9-8-15-22(23)26-25(27)19-11-6-5-7-12-19;/h4-9,11-12,17-20,23H,13-16H2,1-3H3;5-11,13-18H,1-4H3;/q2*-1;/i1D3,23D;;. The van der Waals surface area contributed by atoms with Gasteiger partial charge in [-0.05, 0) is 129 Å². The fourth-order valence-corrected chi connectivity index (χ4v) is 9.55. The molecule has 4 nitrogen and oxygen atoms in total. The summed E-state index contributed by atoms with van der Waals surface area (Å²) in [5.41, 5.74) is 10.7. The number of rotatable bonds is 6. The van der Waals surface area contributed by atoms with Gasteiger partial charge >= 0.3 is 0 Å². The van der Waals surface area contributed by atoms with Crippen molar-refractivity contribution >= 4 is 54.5 Å². The van der Waals surface area contributed by atoms with Crippen molar-refractivity contribution in [2.75, 3.05) is 0 Å². The Kier molecular flexibility index (Phi) is 10.6. The van der Waals surface area contributed by atoms with Gasteiger partial charge in [0.1, 0.15) is 5.58 Å². The molecule has 0 N–H and O–H groups in total. The molecule has 64 heavy (non-hydrogen) atoms. The molecule has 0 saturated heterocycles. The summed E-state index contributed by atoms with van der Waals surface area (Å²) in [6.45, 7) is 11.1. The smallest absolute Gasteiger partial charge is 0.121 e. The molecule has 1 fully saturated rings. The maximum absolute atomic E-state index is 9.41. The molecule has 1 saturated carbocycles. The molecular formula is C59H55IrN3O-2. The van der Waals surface area contributed by atoms with Gasteiger partial charge in [-0.25, -0.2) is 0 Å². The van der Waals surface area contributed by atoms with Crippen molar-refractivity contribution in [1.29, 1.82) is 0 Å². The van der Waals surface area contributed by atoms with Crippen LogP contribution in [0.1, 0.15) is 113 Å². The molecule has 1 aliphatic carbocycles. The molecular weight excluding hydrogens is 959 g/mol. The third kappa shape index (κ3) is 7.99. The number of imidazole rings is 1. The van der Waals surface area contributed by atoms with Crippen LogP contribution in [-0.4, -0.2) is 14.5 Å². The largest absolute Gasteiger partial charge is 0.501 e. The Labute approximate surface area is 396 Å². The van der Waals surface area contributed by atoms with Crippen molar-refractivity contribution in [2.24, 2.45) is 5.41 Å². The molecule has 0 spiro atoms. The molecule has 0 aliphatic heterocycles. The number of hydrogen-bond acceptors (Lipinski definition) is 3. The van der Waals surface area contributed by atoms with Crippen molar-refractivity contribution in [1.82, 2.24) is 14.5 Å². The van der Waals surface area contributed by atoms with Gasteiger partial charge in [0.25, 0.3) is 0 Å². The second-order valence-electron chi connectivity index (χ2n) is 18.6. The van der Waals surface area contributed by atoms with Crippen LogP contribution in [0.4, 0.5) is 0 Å². The molecule has 3 aromatic heterocycles. The average molecular weight is 1020 g/mol. The SMILES string of the molecule is CC(C)c1cccc(C(C)C)c1-n1c(-c2[c-]cccc2)nc2ccccc21.[2H]C([2H])([2H])c1cnc(-c2[c-]ccc3c2oc2cc4c(ccc5ccccc54)cc23)cc1C1([2H])CCC(C)(C)CC1.[Ir]. The first-order valence-electron chi connectivity index (χ1n) is 24.4. The number of nitrogens with zero attached hydrogens (tertiary/aromatic N) is 3. The van der Waals surface area contributed by atoms with Gasteiger partial charge in [-0.15, -0.1) is 54.1 Å². The molecule has 10 aromatic rings. The topological polar surface area (TPSA) is 43.9 Å². The van der Waals surface area contributed by atoms with E-state index >= 15 is 0 Å². The molecule has 0 amide bonds. The van der Waals surface area contributed by atoms with E-state index in [1.165, 1.54) is 33.8 Å². The van der Waals surface area contributed by atoms with Crippen LogP contribution in [-0.2, 0) is 20.1 Å². The summed E-state index contributed by atoms with van der Waals surface area (Å²) >= 11 is 0. The normalized spacial score (nSPS) is 15.8. The Hall–Kier alpha value is -5.87. The molecule has 3 heterocycles.